The summed E-state index contributed by atoms with van der Waals surface area (Å²) in [5.74, 6) is 0.354. The van der Waals surface area contributed by atoms with Crippen LogP contribution < -0.4 is 20.7 Å². The van der Waals surface area contributed by atoms with Gasteiger partial charge < -0.3 is 25.7 Å². The van der Waals surface area contributed by atoms with E-state index in [1.807, 2.05) is 164 Å². The number of nitro benzene ring substituents is 1. The van der Waals surface area contributed by atoms with E-state index in [0.717, 1.165) is 49.7 Å². The molecule has 0 atom stereocenters. The number of fused-ring (bicyclic) bond motifs is 2. The number of methoxy groups -OCH3 is 1. The summed E-state index contributed by atoms with van der Waals surface area (Å²) < 4.78 is 5.21. The molecule has 0 radical (unpaired) electrons. The molecular formula is C56H45N5O6. The highest BCUT2D eigenvalue weighted by molar-refractivity contribution is 6.07. The second-order valence-electron chi connectivity index (χ2n) is 14.8. The first-order chi connectivity index (χ1) is 32.7. The highest BCUT2D eigenvalue weighted by Gasteiger charge is 2.10. The third-order valence-corrected chi connectivity index (χ3v) is 10.1. The van der Waals surface area contributed by atoms with Crippen LogP contribution in [-0.4, -0.2) is 34.7 Å². The SMILES string of the molecule is COc1ccccc1NC(=O)Nc1ccc2ccccc2c1.O=C(/C=C/c1ccccc1)Nc1cccc(/C=C/C(=O)c2ccccc2)c1.O=[N+]([O-])c1ccc2[nH]c(-c3ccccc3)cc2c1. The molecule has 11 heteroatoms. The molecule has 0 aliphatic heterocycles. The van der Waals surface area contributed by atoms with E-state index in [1.54, 1.807) is 55.7 Å². The lowest BCUT2D eigenvalue weighted by Crippen LogP contribution is -2.19. The molecular weight excluding hydrogens is 839 g/mol. The van der Waals surface area contributed by atoms with Crippen LogP contribution in [0.2, 0.25) is 0 Å². The number of ether oxygens (including phenoxy) is 1. The Morgan fingerprint density at radius 1 is 0.552 bits per heavy atom. The van der Waals surface area contributed by atoms with Crippen LogP contribution in [0.3, 0.4) is 0 Å². The number of ketones is 1. The highest BCUT2D eigenvalue weighted by Crippen LogP contribution is 2.27. The molecule has 0 fully saturated rings. The standard InChI is InChI=1S/C24H19NO2.C18H16N2O2.C14H10N2O2/c26-23(21-11-5-2-6-12-21)16-14-20-10-7-13-22(18-20)25-24(27)17-15-19-8-3-1-4-9-19;1-22-17-9-5-4-8-16(17)20-18(21)19-15-11-10-13-6-2-3-7-14(13)12-15;17-16(18)12-6-7-13-11(8-12)9-14(15-13)10-4-2-1-3-5-10/h1-18H,(H,25,27);2-12H,1H3,(H2,19,20,21);1-9,15H/b16-14+,17-15+;;. The van der Waals surface area contributed by atoms with Gasteiger partial charge in [-0.3, -0.25) is 19.7 Å². The number of urea groups is 1. The zero-order valence-electron chi connectivity index (χ0n) is 36.3. The van der Waals surface area contributed by atoms with E-state index in [0.29, 0.717) is 22.7 Å². The minimum absolute atomic E-state index is 0.0594. The monoisotopic (exact) mass is 883 g/mol. The summed E-state index contributed by atoms with van der Waals surface area (Å²) in [6.07, 6.45) is 6.53. The Hall–Kier alpha value is -9.35. The number of benzene rings is 8. The third kappa shape index (κ3) is 13.3. The van der Waals surface area contributed by atoms with Crippen molar-refractivity contribution in [3.63, 3.8) is 0 Å². The number of nitro groups is 1. The molecule has 9 aromatic rings. The Morgan fingerprint density at radius 2 is 1.19 bits per heavy atom. The Kier molecular flexibility index (Phi) is 15.6. The number of carbonyl (C=O) groups excluding carboxylic acids is 3. The Bertz CT molecular complexity index is 3190. The number of rotatable bonds is 11. The molecule has 0 aliphatic carbocycles. The number of carbonyl (C=O) groups is 3. The Labute approximate surface area is 387 Å². The molecule has 9 rings (SSSR count). The quantitative estimate of drug-likeness (QED) is 0.0439. The minimum atomic E-state index is -0.380. The van der Waals surface area contributed by atoms with Gasteiger partial charge in [-0.05, 0) is 88.1 Å². The Morgan fingerprint density at radius 3 is 1.94 bits per heavy atom. The third-order valence-electron chi connectivity index (χ3n) is 10.1. The van der Waals surface area contributed by atoms with Crippen LogP contribution in [0.1, 0.15) is 21.5 Å². The number of anilines is 3. The summed E-state index contributed by atoms with van der Waals surface area (Å²) in [5, 5.41) is 22.2. The second kappa shape index (κ2) is 22.8. The summed E-state index contributed by atoms with van der Waals surface area (Å²) in [4.78, 5) is 49.9. The molecule has 8 aromatic carbocycles. The number of aromatic amines is 1. The average Bonchev–Trinajstić information content (AvgIpc) is 3.81. The van der Waals surface area contributed by atoms with Gasteiger partial charge in [0.2, 0.25) is 5.91 Å². The number of nitrogens with zero attached hydrogens (tertiary/aromatic N) is 1. The van der Waals surface area contributed by atoms with Crippen LogP contribution in [0.5, 0.6) is 5.75 Å². The molecule has 0 saturated heterocycles. The predicted molar refractivity (Wildman–Crippen MR) is 270 cm³/mol. The number of amides is 3. The highest BCUT2D eigenvalue weighted by atomic mass is 16.6. The van der Waals surface area contributed by atoms with Gasteiger partial charge >= 0.3 is 6.03 Å². The van der Waals surface area contributed by atoms with E-state index in [-0.39, 0.29) is 28.3 Å². The van der Waals surface area contributed by atoms with E-state index in [4.69, 9.17) is 4.74 Å². The van der Waals surface area contributed by atoms with E-state index in [2.05, 4.69) is 20.9 Å². The molecule has 0 unspecified atom stereocenters. The van der Waals surface area contributed by atoms with Crippen LogP contribution in [0.25, 0.3) is 45.1 Å². The maximum Gasteiger partial charge on any atom is 0.323 e. The van der Waals surface area contributed by atoms with Crippen molar-refractivity contribution in [1.82, 2.24) is 4.98 Å². The van der Waals surface area contributed by atoms with Crippen LogP contribution in [0.15, 0.2) is 218 Å². The first-order valence-corrected chi connectivity index (χ1v) is 21.1. The number of nitrogens with one attached hydrogen (secondary N) is 4. The molecule has 1 heterocycles. The van der Waals surface area contributed by atoms with Gasteiger partial charge in [-0.2, -0.15) is 0 Å². The fraction of sp³-hybridized carbons (Fsp3) is 0.0179. The van der Waals surface area contributed by atoms with Crippen molar-refractivity contribution in [2.75, 3.05) is 23.1 Å². The summed E-state index contributed by atoms with van der Waals surface area (Å²) in [6.45, 7) is 0. The van der Waals surface area contributed by atoms with E-state index < -0.39 is 0 Å². The summed E-state index contributed by atoms with van der Waals surface area (Å²) in [7, 11) is 1.57. The van der Waals surface area contributed by atoms with Crippen LogP contribution >= 0.6 is 0 Å². The fourth-order valence-corrected chi connectivity index (χ4v) is 6.82. The van der Waals surface area contributed by atoms with Gasteiger partial charge in [-0.25, -0.2) is 4.79 Å². The van der Waals surface area contributed by atoms with Gasteiger partial charge in [0.15, 0.2) is 5.78 Å². The van der Waals surface area contributed by atoms with Gasteiger partial charge in [0, 0.05) is 51.7 Å². The number of hydrogen-bond donors (Lipinski definition) is 4. The topological polar surface area (TPSA) is 155 Å². The molecule has 11 nitrogen and oxygen atoms in total. The molecule has 0 spiro atoms. The van der Waals surface area contributed by atoms with Crippen LogP contribution in [0.4, 0.5) is 27.5 Å². The number of allylic oxidation sites excluding steroid dienone is 1. The lowest BCUT2D eigenvalue weighted by molar-refractivity contribution is -0.384. The van der Waals surface area contributed by atoms with Crippen LogP contribution in [-0.2, 0) is 4.79 Å². The fourth-order valence-electron chi connectivity index (χ4n) is 6.82. The van der Waals surface area contributed by atoms with Crippen molar-refractivity contribution < 1.29 is 24.0 Å². The van der Waals surface area contributed by atoms with Crippen LogP contribution in [0, 0.1) is 10.1 Å². The zero-order valence-corrected chi connectivity index (χ0v) is 36.3. The molecule has 67 heavy (non-hydrogen) atoms. The molecule has 0 bridgehead atoms. The normalized spacial score (nSPS) is 10.6. The van der Waals surface area contributed by atoms with Crippen molar-refractivity contribution in [3.05, 3.63) is 245 Å². The number of hydrogen-bond acceptors (Lipinski definition) is 6. The summed E-state index contributed by atoms with van der Waals surface area (Å²) in [5.41, 5.74) is 7.53. The second-order valence-corrected chi connectivity index (χ2v) is 14.8. The minimum Gasteiger partial charge on any atom is -0.495 e. The van der Waals surface area contributed by atoms with Gasteiger partial charge in [-0.1, -0.05) is 152 Å². The van der Waals surface area contributed by atoms with Gasteiger partial charge in [0.25, 0.3) is 5.69 Å². The van der Waals surface area contributed by atoms with E-state index >= 15 is 0 Å². The predicted octanol–water partition coefficient (Wildman–Crippen LogP) is 13.5. The Balaban J connectivity index is 0.000000152. The van der Waals surface area contributed by atoms with E-state index in [9.17, 15) is 24.5 Å². The number of H-pyrrole nitrogens is 1. The number of non-ortho nitro benzene ring substituents is 1. The van der Waals surface area contributed by atoms with Crippen molar-refractivity contribution in [2.24, 2.45) is 0 Å². The molecule has 0 saturated carbocycles. The lowest BCUT2D eigenvalue weighted by Gasteiger charge is -2.11. The maximum atomic E-state index is 12.1. The molecule has 0 aliphatic rings. The number of aromatic nitrogens is 1. The van der Waals surface area contributed by atoms with Crippen molar-refractivity contribution in [2.45, 2.75) is 0 Å². The van der Waals surface area contributed by atoms with E-state index in [1.165, 1.54) is 18.2 Å². The number of para-hydroxylation sites is 2. The molecule has 3 amide bonds. The van der Waals surface area contributed by atoms with Crippen molar-refractivity contribution in [3.8, 4) is 17.0 Å². The summed E-state index contributed by atoms with van der Waals surface area (Å²) >= 11 is 0. The lowest BCUT2D eigenvalue weighted by atomic mass is 10.1. The average molecular weight is 884 g/mol. The molecule has 1 aromatic heterocycles. The zero-order chi connectivity index (χ0) is 46.8. The van der Waals surface area contributed by atoms with Crippen molar-refractivity contribution in [1.29, 1.82) is 0 Å². The maximum absolute atomic E-state index is 12.1. The summed E-state index contributed by atoms with van der Waals surface area (Å²) in [6, 6.07) is 63.5. The smallest absolute Gasteiger partial charge is 0.323 e. The molecule has 4 N–H and O–H groups in total. The first-order valence-electron chi connectivity index (χ1n) is 21.1. The van der Waals surface area contributed by atoms with Gasteiger partial charge in [-0.15, -0.1) is 0 Å². The first kappa shape index (κ1) is 45.7. The van der Waals surface area contributed by atoms with Gasteiger partial charge in [0.05, 0.1) is 17.7 Å². The van der Waals surface area contributed by atoms with Crippen molar-refractivity contribution >= 4 is 74.3 Å². The largest absolute Gasteiger partial charge is 0.495 e. The molecule has 330 valence electrons. The van der Waals surface area contributed by atoms with Gasteiger partial charge in [0.1, 0.15) is 5.75 Å².